The van der Waals surface area contributed by atoms with Crippen LogP contribution in [0.25, 0.3) is 10.8 Å². The molecule has 82 valence electrons. The molecule has 0 bridgehead atoms. The highest BCUT2D eigenvalue weighted by Crippen LogP contribution is 2.28. The SMILES string of the molecule is O=C(O)c1coc(-c2sccc2C(=O)O)n1. The predicted octanol–water partition coefficient (Wildman–Crippen LogP) is 1.80. The van der Waals surface area contributed by atoms with Gasteiger partial charge in [0.2, 0.25) is 5.89 Å². The minimum absolute atomic E-state index is 0.00444. The normalized spacial score (nSPS) is 10.2. The van der Waals surface area contributed by atoms with Gasteiger partial charge in [0.1, 0.15) is 11.1 Å². The molecule has 0 aromatic carbocycles. The van der Waals surface area contributed by atoms with Crippen molar-refractivity contribution in [2.24, 2.45) is 0 Å². The summed E-state index contributed by atoms with van der Waals surface area (Å²) in [6, 6.07) is 1.41. The summed E-state index contributed by atoms with van der Waals surface area (Å²) in [6.45, 7) is 0. The first-order valence-electron chi connectivity index (χ1n) is 4.09. The van der Waals surface area contributed by atoms with Crippen LogP contribution in [0.3, 0.4) is 0 Å². The Morgan fingerprint density at radius 1 is 1.31 bits per heavy atom. The smallest absolute Gasteiger partial charge is 0.357 e. The average molecular weight is 239 g/mol. The van der Waals surface area contributed by atoms with Crippen LogP contribution in [-0.2, 0) is 0 Å². The van der Waals surface area contributed by atoms with Gasteiger partial charge >= 0.3 is 11.9 Å². The summed E-state index contributed by atoms with van der Waals surface area (Å²) < 4.78 is 4.92. The molecule has 16 heavy (non-hydrogen) atoms. The van der Waals surface area contributed by atoms with Crippen molar-refractivity contribution in [3.05, 3.63) is 29.0 Å². The van der Waals surface area contributed by atoms with E-state index in [1.54, 1.807) is 5.38 Å². The molecule has 2 N–H and O–H groups in total. The number of rotatable bonds is 3. The van der Waals surface area contributed by atoms with Gasteiger partial charge in [-0.1, -0.05) is 0 Å². The third-order valence-corrected chi connectivity index (χ3v) is 2.72. The summed E-state index contributed by atoms with van der Waals surface area (Å²) in [5.74, 6) is -2.32. The second kappa shape index (κ2) is 3.78. The highest BCUT2D eigenvalue weighted by molar-refractivity contribution is 7.13. The fourth-order valence-corrected chi connectivity index (χ4v) is 1.94. The standard InChI is InChI=1S/C9H5NO5S/c11-8(12)4-1-2-16-6(4)7-10-5(3-15-7)9(13)14/h1-3H,(H,11,12)(H,13,14). The zero-order chi connectivity index (χ0) is 11.7. The number of thiophene rings is 1. The van der Waals surface area contributed by atoms with Gasteiger partial charge in [0.15, 0.2) is 5.69 Å². The molecule has 0 spiro atoms. The van der Waals surface area contributed by atoms with E-state index in [1.807, 2.05) is 0 Å². The molecule has 0 amide bonds. The molecule has 2 aromatic rings. The van der Waals surface area contributed by atoms with Crippen LogP contribution in [0.15, 0.2) is 22.1 Å². The quantitative estimate of drug-likeness (QED) is 0.846. The highest BCUT2D eigenvalue weighted by atomic mass is 32.1. The Bertz CT molecular complexity index is 556. The van der Waals surface area contributed by atoms with Crippen molar-refractivity contribution in [1.29, 1.82) is 0 Å². The van der Waals surface area contributed by atoms with Gasteiger partial charge in [-0.05, 0) is 11.4 Å². The maximum atomic E-state index is 10.8. The molecular weight excluding hydrogens is 234 g/mol. The van der Waals surface area contributed by atoms with Crippen LogP contribution in [0.2, 0.25) is 0 Å². The molecule has 6 nitrogen and oxygen atoms in total. The Labute approximate surface area is 92.8 Å². The number of aromatic carboxylic acids is 2. The molecule has 0 aliphatic carbocycles. The summed E-state index contributed by atoms with van der Waals surface area (Å²) in [5.41, 5.74) is -0.205. The lowest BCUT2D eigenvalue weighted by molar-refractivity contribution is 0.0683. The van der Waals surface area contributed by atoms with Crippen molar-refractivity contribution in [2.45, 2.75) is 0 Å². The van der Waals surface area contributed by atoms with E-state index in [4.69, 9.17) is 14.6 Å². The van der Waals surface area contributed by atoms with E-state index in [0.29, 0.717) is 4.88 Å². The second-order valence-electron chi connectivity index (χ2n) is 2.81. The molecule has 0 radical (unpaired) electrons. The molecule has 0 saturated heterocycles. The lowest BCUT2D eigenvalue weighted by atomic mass is 10.2. The number of hydrogen-bond acceptors (Lipinski definition) is 5. The number of hydrogen-bond donors (Lipinski definition) is 2. The van der Waals surface area contributed by atoms with Gasteiger partial charge in [0.05, 0.1) is 5.56 Å². The maximum absolute atomic E-state index is 10.8. The Morgan fingerprint density at radius 2 is 2.06 bits per heavy atom. The number of aromatic nitrogens is 1. The monoisotopic (exact) mass is 239 g/mol. The van der Waals surface area contributed by atoms with Crippen LogP contribution < -0.4 is 0 Å². The van der Waals surface area contributed by atoms with Crippen molar-refractivity contribution in [1.82, 2.24) is 4.98 Å². The topological polar surface area (TPSA) is 101 Å². The number of nitrogens with zero attached hydrogens (tertiary/aromatic N) is 1. The third kappa shape index (κ3) is 1.68. The molecule has 0 unspecified atom stereocenters. The van der Waals surface area contributed by atoms with E-state index < -0.39 is 11.9 Å². The van der Waals surface area contributed by atoms with Crippen molar-refractivity contribution < 1.29 is 24.2 Å². The molecular formula is C9H5NO5S. The summed E-state index contributed by atoms with van der Waals surface area (Å²) in [7, 11) is 0. The fraction of sp³-hybridized carbons (Fsp3) is 0. The fourth-order valence-electron chi connectivity index (χ4n) is 1.12. The van der Waals surface area contributed by atoms with E-state index in [2.05, 4.69) is 4.98 Å². The summed E-state index contributed by atoms with van der Waals surface area (Å²) in [6.07, 6.45) is 0.975. The first kappa shape index (κ1) is 10.4. The number of carbonyl (C=O) groups is 2. The van der Waals surface area contributed by atoms with Crippen LogP contribution >= 0.6 is 11.3 Å². The zero-order valence-corrected chi connectivity index (χ0v) is 8.52. The van der Waals surface area contributed by atoms with E-state index >= 15 is 0 Å². The summed E-state index contributed by atoms with van der Waals surface area (Å²) >= 11 is 1.13. The molecule has 0 aliphatic rings. The molecule has 2 aromatic heterocycles. The van der Waals surface area contributed by atoms with E-state index in [9.17, 15) is 9.59 Å². The molecule has 0 atom stereocenters. The van der Waals surface area contributed by atoms with Crippen LogP contribution in [0.1, 0.15) is 20.8 Å². The third-order valence-electron chi connectivity index (χ3n) is 1.81. The first-order chi connectivity index (χ1) is 7.59. The zero-order valence-electron chi connectivity index (χ0n) is 7.71. The minimum Gasteiger partial charge on any atom is -0.478 e. The van der Waals surface area contributed by atoms with E-state index in [0.717, 1.165) is 17.6 Å². The summed E-state index contributed by atoms with van der Waals surface area (Å²) in [5, 5.41) is 19.1. The molecule has 0 saturated carbocycles. The van der Waals surface area contributed by atoms with Crippen molar-refractivity contribution >= 4 is 23.3 Å². The lowest BCUT2D eigenvalue weighted by Gasteiger charge is -1.92. The van der Waals surface area contributed by atoms with Gasteiger partial charge in [0, 0.05) is 0 Å². The highest BCUT2D eigenvalue weighted by Gasteiger charge is 2.19. The van der Waals surface area contributed by atoms with Crippen molar-refractivity contribution in [2.75, 3.05) is 0 Å². The van der Waals surface area contributed by atoms with Crippen molar-refractivity contribution in [3.8, 4) is 10.8 Å². The summed E-state index contributed by atoms with van der Waals surface area (Å²) in [4.78, 5) is 25.4. The lowest BCUT2D eigenvalue weighted by Crippen LogP contribution is -1.97. The molecule has 0 fully saturated rings. The second-order valence-corrected chi connectivity index (χ2v) is 3.73. The van der Waals surface area contributed by atoms with Gasteiger partial charge in [-0.25, -0.2) is 14.6 Å². The van der Waals surface area contributed by atoms with Gasteiger partial charge in [0.25, 0.3) is 0 Å². The predicted molar refractivity (Wildman–Crippen MR) is 53.7 cm³/mol. The van der Waals surface area contributed by atoms with Gasteiger partial charge < -0.3 is 14.6 Å². The van der Waals surface area contributed by atoms with E-state index in [1.165, 1.54) is 6.07 Å². The maximum Gasteiger partial charge on any atom is 0.357 e. The minimum atomic E-state index is -1.22. The Morgan fingerprint density at radius 3 is 2.62 bits per heavy atom. The Balaban J connectivity index is 2.46. The molecule has 2 rings (SSSR count). The number of carboxylic acid groups (broad SMARTS) is 2. The molecule has 0 aliphatic heterocycles. The van der Waals surface area contributed by atoms with Crippen molar-refractivity contribution in [3.63, 3.8) is 0 Å². The van der Waals surface area contributed by atoms with Gasteiger partial charge in [-0.15, -0.1) is 11.3 Å². The number of carboxylic acids is 2. The van der Waals surface area contributed by atoms with Crippen LogP contribution in [0.5, 0.6) is 0 Å². The first-order valence-corrected chi connectivity index (χ1v) is 4.97. The number of oxazole rings is 1. The largest absolute Gasteiger partial charge is 0.478 e. The van der Waals surface area contributed by atoms with E-state index in [-0.39, 0.29) is 17.1 Å². The molecule has 7 heteroatoms. The van der Waals surface area contributed by atoms with Gasteiger partial charge in [-0.2, -0.15) is 0 Å². The van der Waals surface area contributed by atoms with Crippen LogP contribution in [-0.4, -0.2) is 27.1 Å². The Hall–Kier alpha value is -2.15. The van der Waals surface area contributed by atoms with Crippen LogP contribution in [0, 0.1) is 0 Å². The Kier molecular flexibility index (Phi) is 2.45. The molecule has 2 heterocycles. The van der Waals surface area contributed by atoms with Crippen LogP contribution in [0.4, 0.5) is 0 Å². The van der Waals surface area contributed by atoms with Gasteiger partial charge in [-0.3, -0.25) is 0 Å². The average Bonchev–Trinajstić information content (AvgIpc) is 2.86.